The number of carbonyl (C=O) groups excluding carboxylic acids is 3. The van der Waals surface area contributed by atoms with Gasteiger partial charge in [-0.25, -0.2) is 0 Å². The van der Waals surface area contributed by atoms with Crippen LogP contribution in [0.1, 0.15) is 265 Å². The molecule has 0 spiro atoms. The molecule has 0 bridgehead atoms. The lowest BCUT2D eigenvalue weighted by Gasteiger charge is -2.18. The van der Waals surface area contributed by atoms with Gasteiger partial charge in [0.2, 0.25) is 0 Å². The SMILES string of the molecule is CC/C=C\C/C=C\C/C=C\C/C=C\C/C=C\C/C=C\C/C=C\CCCCCCCC(=O)OCC(COC(=O)CCCCCCC/C=C\C/C=C\CCCC)OC(=O)CCCCCCC/C=C\C/C=C\CCCCCC. The van der Waals surface area contributed by atoms with E-state index in [1.807, 2.05) is 0 Å². The van der Waals surface area contributed by atoms with E-state index in [4.69, 9.17) is 14.2 Å². The normalized spacial score (nSPS) is 13.1. The lowest BCUT2D eigenvalue weighted by atomic mass is 10.1. The summed E-state index contributed by atoms with van der Waals surface area (Å²) in [6, 6.07) is 0. The predicted octanol–water partition coefficient (Wildman–Crippen LogP) is 21.0. The number of allylic oxidation sites excluding steroid dienone is 22. The van der Waals surface area contributed by atoms with Gasteiger partial charge in [-0.05, 0) is 135 Å². The molecule has 0 saturated heterocycles. The van der Waals surface area contributed by atoms with Gasteiger partial charge in [0, 0.05) is 19.3 Å². The molecule has 0 aliphatic rings. The summed E-state index contributed by atoms with van der Waals surface area (Å²) in [4.78, 5) is 38.2. The van der Waals surface area contributed by atoms with Crippen molar-refractivity contribution in [3.63, 3.8) is 0 Å². The Morgan fingerprint density at radius 1 is 0.280 bits per heavy atom. The third kappa shape index (κ3) is 60.3. The van der Waals surface area contributed by atoms with E-state index in [1.54, 1.807) is 0 Å². The van der Waals surface area contributed by atoms with Gasteiger partial charge >= 0.3 is 17.9 Å². The largest absolute Gasteiger partial charge is 0.462 e. The Morgan fingerprint density at radius 2 is 0.533 bits per heavy atom. The molecule has 0 aromatic heterocycles. The first-order valence-electron chi connectivity index (χ1n) is 30.7. The van der Waals surface area contributed by atoms with Gasteiger partial charge in [-0.1, -0.05) is 244 Å². The molecular formula is C69H112O6. The molecule has 0 aliphatic heterocycles. The number of rotatable bonds is 54. The molecule has 0 radical (unpaired) electrons. The van der Waals surface area contributed by atoms with Crippen LogP contribution in [0, 0.1) is 0 Å². The van der Waals surface area contributed by atoms with Crippen molar-refractivity contribution in [2.24, 2.45) is 0 Å². The summed E-state index contributed by atoms with van der Waals surface area (Å²) >= 11 is 0. The van der Waals surface area contributed by atoms with Crippen LogP contribution in [0.3, 0.4) is 0 Å². The molecule has 1 atom stereocenters. The van der Waals surface area contributed by atoms with E-state index >= 15 is 0 Å². The maximum atomic E-state index is 12.9. The second-order valence-electron chi connectivity index (χ2n) is 19.9. The minimum Gasteiger partial charge on any atom is -0.462 e. The fourth-order valence-electron chi connectivity index (χ4n) is 8.00. The van der Waals surface area contributed by atoms with Gasteiger partial charge in [0.15, 0.2) is 6.10 Å². The van der Waals surface area contributed by atoms with Crippen LogP contribution in [-0.2, 0) is 28.6 Å². The van der Waals surface area contributed by atoms with Gasteiger partial charge in [0.25, 0.3) is 0 Å². The number of ether oxygens (including phenoxy) is 3. The Kier molecular flexibility index (Phi) is 58.4. The number of hydrogen-bond acceptors (Lipinski definition) is 6. The zero-order valence-electron chi connectivity index (χ0n) is 48.5. The molecule has 0 fully saturated rings. The van der Waals surface area contributed by atoms with E-state index in [1.165, 1.54) is 51.4 Å². The van der Waals surface area contributed by atoms with Crippen molar-refractivity contribution in [1.29, 1.82) is 0 Å². The summed E-state index contributed by atoms with van der Waals surface area (Å²) in [7, 11) is 0. The van der Waals surface area contributed by atoms with Gasteiger partial charge in [0.05, 0.1) is 0 Å². The summed E-state index contributed by atoms with van der Waals surface area (Å²) in [6.07, 6.45) is 87.3. The van der Waals surface area contributed by atoms with Gasteiger partial charge < -0.3 is 14.2 Å². The molecule has 0 rings (SSSR count). The third-order valence-corrected chi connectivity index (χ3v) is 12.6. The lowest BCUT2D eigenvalue weighted by molar-refractivity contribution is -0.167. The minimum atomic E-state index is -0.805. The summed E-state index contributed by atoms with van der Waals surface area (Å²) < 4.78 is 16.9. The Morgan fingerprint density at radius 3 is 0.853 bits per heavy atom. The summed E-state index contributed by atoms with van der Waals surface area (Å²) in [5.74, 6) is -0.948. The first-order chi connectivity index (χ1) is 37.0. The maximum Gasteiger partial charge on any atom is 0.306 e. The Bertz CT molecular complexity index is 1620. The summed E-state index contributed by atoms with van der Waals surface area (Å²) in [6.45, 7) is 6.43. The van der Waals surface area contributed by atoms with Crippen molar-refractivity contribution >= 4 is 17.9 Å². The van der Waals surface area contributed by atoms with Crippen LogP contribution >= 0.6 is 0 Å². The molecule has 0 saturated carbocycles. The summed E-state index contributed by atoms with van der Waals surface area (Å²) in [5.41, 5.74) is 0. The molecule has 0 aromatic carbocycles. The average molecular weight is 1040 g/mol. The Hall–Kier alpha value is -4.45. The monoisotopic (exact) mass is 1040 g/mol. The average Bonchev–Trinajstić information content (AvgIpc) is 3.41. The number of esters is 3. The highest BCUT2D eigenvalue weighted by Crippen LogP contribution is 2.14. The van der Waals surface area contributed by atoms with Crippen LogP contribution in [0.25, 0.3) is 0 Å². The second kappa shape index (κ2) is 62.1. The van der Waals surface area contributed by atoms with Crippen LogP contribution < -0.4 is 0 Å². The highest BCUT2D eigenvalue weighted by molar-refractivity contribution is 5.71. The van der Waals surface area contributed by atoms with E-state index in [9.17, 15) is 14.4 Å². The van der Waals surface area contributed by atoms with Crippen molar-refractivity contribution in [3.05, 3.63) is 134 Å². The molecule has 6 nitrogen and oxygen atoms in total. The van der Waals surface area contributed by atoms with E-state index < -0.39 is 6.10 Å². The highest BCUT2D eigenvalue weighted by Gasteiger charge is 2.19. The number of hydrogen-bond donors (Lipinski definition) is 0. The second-order valence-corrected chi connectivity index (χ2v) is 19.9. The Labute approximate surface area is 462 Å². The lowest BCUT2D eigenvalue weighted by Crippen LogP contribution is -2.30. The first kappa shape index (κ1) is 70.5. The number of unbranched alkanes of at least 4 members (excludes halogenated alkanes) is 21. The molecule has 6 heteroatoms. The summed E-state index contributed by atoms with van der Waals surface area (Å²) in [5, 5.41) is 0. The standard InChI is InChI=1S/C69H112O6/c1-4-7-10-13-16-19-22-25-28-30-31-32-33-34-35-36-37-38-39-40-42-44-47-50-53-56-59-62-68(71)74-65-66(64-73-67(70)61-58-55-52-49-46-43-27-24-21-18-15-12-9-6-3)75-69(72)63-60-57-54-51-48-45-41-29-26-23-20-17-14-11-8-5-2/h7,10,15-16,18-20,23-25,27-29,31-32,34-35,37-38,40-42,66H,4-6,8-9,11-14,17,21-22,26,30,33,36,39,43-65H2,1-3H3/b10-7-,18-15-,19-16-,23-20-,27-24-,28-25-,32-31-,35-34-,38-37-,41-29-,42-40-. The van der Waals surface area contributed by atoms with Crippen LogP contribution in [0.2, 0.25) is 0 Å². The molecule has 424 valence electrons. The van der Waals surface area contributed by atoms with Gasteiger partial charge in [0.1, 0.15) is 13.2 Å². The van der Waals surface area contributed by atoms with Crippen LogP contribution in [0.15, 0.2) is 134 Å². The topological polar surface area (TPSA) is 78.9 Å². The fourth-order valence-corrected chi connectivity index (χ4v) is 8.00. The quantitative estimate of drug-likeness (QED) is 0.0261. The van der Waals surface area contributed by atoms with Crippen molar-refractivity contribution in [1.82, 2.24) is 0 Å². The smallest absolute Gasteiger partial charge is 0.306 e. The van der Waals surface area contributed by atoms with Crippen molar-refractivity contribution < 1.29 is 28.6 Å². The highest BCUT2D eigenvalue weighted by atomic mass is 16.6. The Balaban J connectivity index is 4.43. The molecule has 0 N–H and O–H groups in total. The molecule has 0 heterocycles. The van der Waals surface area contributed by atoms with E-state index in [0.717, 1.165) is 173 Å². The molecule has 0 amide bonds. The zero-order chi connectivity index (χ0) is 54.3. The fraction of sp³-hybridized carbons (Fsp3) is 0.638. The van der Waals surface area contributed by atoms with Crippen molar-refractivity contribution in [2.45, 2.75) is 271 Å². The van der Waals surface area contributed by atoms with Crippen LogP contribution in [0.5, 0.6) is 0 Å². The molecule has 1 unspecified atom stereocenters. The predicted molar refractivity (Wildman–Crippen MR) is 325 cm³/mol. The van der Waals surface area contributed by atoms with Gasteiger partial charge in [-0.15, -0.1) is 0 Å². The van der Waals surface area contributed by atoms with Crippen LogP contribution in [-0.4, -0.2) is 37.2 Å². The van der Waals surface area contributed by atoms with Gasteiger partial charge in [-0.3, -0.25) is 14.4 Å². The van der Waals surface area contributed by atoms with E-state index in [0.29, 0.717) is 19.3 Å². The third-order valence-electron chi connectivity index (χ3n) is 12.6. The van der Waals surface area contributed by atoms with Crippen molar-refractivity contribution in [2.75, 3.05) is 13.2 Å². The maximum absolute atomic E-state index is 12.9. The molecule has 75 heavy (non-hydrogen) atoms. The zero-order valence-corrected chi connectivity index (χ0v) is 48.5. The minimum absolute atomic E-state index is 0.101. The molecule has 0 aliphatic carbocycles. The van der Waals surface area contributed by atoms with Crippen LogP contribution in [0.4, 0.5) is 0 Å². The van der Waals surface area contributed by atoms with Gasteiger partial charge in [-0.2, -0.15) is 0 Å². The first-order valence-corrected chi connectivity index (χ1v) is 30.7. The molecule has 0 aromatic rings. The van der Waals surface area contributed by atoms with Crippen molar-refractivity contribution in [3.8, 4) is 0 Å². The molecular weight excluding hydrogens is 925 g/mol. The number of carbonyl (C=O) groups is 3. The van der Waals surface area contributed by atoms with E-state index in [-0.39, 0.29) is 31.1 Å². The van der Waals surface area contributed by atoms with E-state index in [2.05, 4.69) is 154 Å².